The van der Waals surface area contributed by atoms with Gasteiger partial charge in [0.05, 0.1) is 4.47 Å². The summed E-state index contributed by atoms with van der Waals surface area (Å²) in [6, 6.07) is 1.68. The molecule has 0 radical (unpaired) electrons. The van der Waals surface area contributed by atoms with E-state index >= 15 is 0 Å². The van der Waals surface area contributed by atoms with Crippen LogP contribution in [0.25, 0.3) is 0 Å². The number of aromatic amines is 1. The molecule has 66 valence electrons. The normalized spacial score (nSPS) is 12.9. The molecule has 0 amide bonds. The van der Waals surface area contributed by atoms with Gasteiger partial charge in [0, 0.05) is 6.20 Å². The van der Waals surface area contributed by atoms with Crippen LogP contribution in [0.15, 0.2) is 21.5 Å². The van der Waals surface area contributed by atoms with Crippen molar-refractivity contribution in [3.63, 3.8) is 0 Å². The molecule has 5 heteroatoms. The zero-order valence-electron chi connectivity index (χ0n) is 6.50. The van der Waals surface area contributed by atoms with Crippen molar-refractivity contribution in [3.05, 3.63) is 32.7 Å². The van der Waals surface area contributed by atoms with E-state index in [0.717, 1.165) is 5.56 Å². The predicted molar refractivity (Wildman–Crippen MR) is 48.5 cm³/mol. The molecule has 1 atom stereocenters. The van der Waals surface area contributed by atoms with E-state index in [-0.39, 0.29) is 11.7 Å². The summed E-state index contributed by atoms with van der Waals surface area (Å²) in [5.74, 6) is 4.98. The second-order valence-electron chi connectivity index (χ2n) is 2.39. The SMILES string of the molecule is CC(ON)c1c[nH]c(=O)c(Br)c1. The van der Waals surface area contributed by atoms with Crippen LogP contribution in [0.3, 0.4) is 0 Å². The fraction of sp³-hybridized carbons (Fsp3) is 0.286. The zero-order valence-corrected chi connectivity index (χ0v) is 8.09. The molecular formula is C7H9BrN2O2. The van der Waals surface area contributed by atoms with Crippen LogP contribution < -0.4 is 11.5 Å². The molecule has 0 aliphatic rings. The van der Waals surface area contributed by atoms with Crippen molar-refractivity contribution in [3.8, 4) is 0 Å². The molecule has 1 rings (SSSR count). The van der Waals surface area contributed by atoms with Gasteiger partial charge in [-0.2, -0.15) is 0 Å². The summed E-state index contributed by atoms with van der Waals surface area (Å²) in [7, 11) is 0. The van der Waals surface area contributed by atoms with Gasteiger partial charge in [0.25, 0.3) is 5.56 Å². The summed E-state index contributed by atoms with van der Waals surface area (Å²) in [6.45, 7) is 1.79. The lowest BCUT2D eigenvalue weighted by Crippen LogP contribution is -2.11. The lowest BCUT2D eigenvalue weighted by atomic mass is 10.2. The quantitative estimate of drug-likeness (QED) is 0.751. The largest absolute Gasteiger partial charge is 0.328 e. The summed E-state index contributed by atoms with van der Waals surface area (Å²) in [4.78, 5) is 18.0. The van der Waals surface area contributed by atoms with E-state index in [1.807, 2.05) is 0 Å². The summed E-state index contributed by atoms with van der Waals surface area (Å²) in [5, 5.41) is 0. The summed E-state index contributed by atoms with van der Waals surface area (Å²) in [6.07, 6.45) is 1.35. The average Bonchev–Trinajstić information content (AvgIpc) is 2.08. The molecule has 1 aromatic rings. The lowest BCUT2D eigenvalue weighted by Gasteiger charge is -2.07. The average molecular weight is 233 g/mol. The highest BCUT2D eigenvalue weighted by atomic mass is 79.9. The lowest BCUT2D eigenvalue weighted by molar-refractivity contribution is 0.0661. The van der Waals surface area contributed by atoms with Crippen LogP contribution in [0, 0.1) is 0 Å². The van der Waals surface area contributed by atoms with Crippen LogP contribution in [0.1, 0.15) is 18.6 Å². The molecule has 0 aliphatic carbocycles. The highest BCUT2D eigenvalue weighted by Crippen LogP contribution is 2.15. The Kier molecular flexibility index (Phi) is 3.02. The van der Waals surface area contributed by atoms with Crippen molar-refractivity contribution < 1.29 is 4.84 Å². The molecule has 0 bridgehead atoms. The Bertz CT molecular complexity index is 323. The van der Waals surface area contributed by atoms with Gasteiger partial charge in [0.1, 0.15) is 6.10 Å². The Labute approximate surface area is 77.8 Å². The van der Waals surface area contributed by atoms with Crippen molar-refractivity contribution in [1.82, 2.24) is 4.98 Å². The number of halogens is 1. The Hall–Kier alpha value is -0.650. The number of hydrogen-bond donors (Lipinski definition) is 2. The standard InChI is InChI=1S/C7H9BrN2O2/c1-4(12-9)5-2-6(8)7(11)10-3-5/h2-4H,9H2,1H3,(H,10,11). The van der Waals surface area contributed by atoms with E-state index in [4.69, 9.17) is 5.90 Å². The van der Waals surface area contributed by atoms with E-state index in [9.17, 15) is 4.79 Å². The van der Waals surface area contributed by atoms with Gasteiger partial charge >= 0.3 is 0 Å². The van der Waals surface area contributed by atoms with Crippen LogP contribution >= 0.6 is 15.9 Å². The molecule has 1 heterocycles. The Morgan fingerprint density at radius 1 is 1.75 bits per heavy atom. The maximum Gasteiger partial charge on any atom is 0.262 e. The van der Waals surface area contributed by atoms with Crippen LogP contribution in [0.5, 0.6) is 0 Å². The van der Waals surface area contributed by atoms with Gasteiger partial charge in [-0.3, -0.25) is 9.63 Å². The Balaban J connectivity index is 3.04. The number of aromatic nitrogens is 1. The monoisotopic (exact) mass is 232 g/mol. The van der Waals surface area contributed by atoms with E-state index in [2.05, 4.69) is 25.8 Å². The van der Waals surface area contributed by atoms with Gasteiger partial charge in [0.15, 0.2) is 0 Å². The van der Waals surface area contributed by atoms with Crippen molar-refractivity contribution >= 4 is 15.9 Å². The van der Waals surface area contributed by atoms with Crippen LogP contribution in [-0.4, -0.2) is 4.98 Å². The molecule has 0 fully saturated rings. The van der Waals surface area contributed by atoms with E-state index < -0.39 is 0 Å². The molecule has 1 unspecified atom stereocenters. The smallest absolute Gasteiger partial charge is 0.262 e. The third kappa shape index (κ3) is 1.94. The fourth-order valence-electron chi connectivity index (χ4n) is 0.785. The minimum atomic E-state index is -0.224. The second kappa shape index (κ2) is 3.84. The molecule has 3 N–H and O–H groups in total. The van der Waals surface area contributed by atoms with Gasteiger partial charge in [-0.25, -0.2) is 5.90 Å². The molecule has 4 nitrogen and oxygen atoms in total. The molecule has 0 spiro atoms. The van der Waals surface area contributed by atoms with E-state index in [0.29, 0.717) is 4.47 Å². The van der Waals surface area contributed by atoms with Crippen molar-refractivity contribution in [1.29, 1.82) is 0 Å². The molecular weight excluding hydrogens is 224 g/mol. The summed E-state index contributed by atoms with van der Waals surface area (Å²) in [5.41, 5.74) is 0.659. The Morgan fingerprint density at radius 3 is 2.92 bits per heavy atom. The van der Waals surface area contributed by atoms with Crippen molar-refractivity contribution in [2.24, 2.45) is 5.90 Å². The Morgan fingerprint density at radius 2 is 2.42 bits per heavy atom. The first-order valence-corrected chi connectivity index (χ1v) is 4.18. The highest BCUT2D eigenvalue weighted by molar-refractivity contribution is 9.10. The number of nitrogens with two attached hydrogens (primary N) is 1. The minimum absolute atomic E-state index is 0.164. The van der Waals surface area contributed by atoms with Crippen LogP contribution in [0.2, 0.25) is 0 Å². The molecule has 0 saturated carbocycles. The summed E-state index contributed by atoms with van der Waals surface area (Å²) < 4.78 is 0.476. The number of nitrogens with one attached hydrogen (secondary N) is 1. The number of rotatable bonds is 2. The number of H-pyrrole nitrogens is 1. The van der Waals surface area contributed by atoms with Gasteiger partial charge in [0.2, 0.25) is 0 Å². The molecule has 12 heavy (non-hydrogen) atoms. The van der Waals surface area contributed by atoms with Crippen molar-refractivity contribution in [2.75, 3.05) is 0 Å². The first kappa shape index (κ1) is 9.44. The molecule has 0 aromatic carbocycles. The second-order valence-corrected chi connectivity index (χ2v) is 3.24. The van der Waals surface area contributed by atoms with Crippen LogP contribution in [-0.2, 0) is 4.84 Å². The first-order chi connectivity index (χ1) is 5.65. The van der Waals surface area contributed by atoms with Gasteiger partial charge < -0.3 is 4.98 Å². The maximum atomic E-state index is 10.9. The zero-order chi connectivity index (χ0) is 9.14. The molecule has 1 aromatic heterocycles. The number of pyridine rings is 1. The van der Waals surface area contributed by atoms with Gasteiger partial charge in [-0.1, -0.05) is 0 Å². The van der Waals surface area contributed by atoms with E-state index in [1.54, 1.807) is 19.2 Å². The van der Waals surface area contributed by atoms with Crippen LogP contribution in [0.4, 0.5) is 0 Å². The molecule has 0 aliphatic heterocycles. The number of hydrogen-bond acceptors (Lipinski definition) is 3. The third-order valence-electron chi connectivity index (χ3n) is 1.55. The van der Waals surface area contributed by atoms with Gasteiger partial charge in [-0.05, 0) is 34.5 Å². The minimum Gasteiger partial charge on any atom is -0.328 e. The highest BCUT2D eigenvalue weighted by Gasteiger charge is 2.05. The fourth-order valence-corrected chi connectivity index (χ4v) is 1.16. The van der Waals surface area contributed by atoms with Gasteiger partial charge in [-0.15, -0.1) is 0 Å². The predicted octanol–water partition coefficient (Wildman–Crippen LogP) is 1.09. The molecule has 0 saturated heterocycles. The van der Waals surface area contributed by atoms with E-state index in [1.165, 1.54) is 0 Å². The maximum absolute atomic E-state index is 10.9. The third-order valence-corrected chi connectivity index (χ3v) is 2.14. The summed E-state index contributed by atoms with van der Waals surface area (Å²) >= 11 is 3.10. The topological polar surface area (TPSA) is 68.1 Å². The van der Waals surface area contributed by atoms with Crippen molar-refractivity contribution in [2.45, 2.75) is 13.0 Å². The first-order valence-electron chi connectivity index (χ1n) is 3.39.